The summed E-state index contributed by atoms with van der Waals surface area (Å²) in [6, 6.07) is 25.7. The number of benzene rings is 3. The molecule has 0 bridgehead atoms. The highest BCUT2D eigenvalue weighted by atomic mass is 32.2. The Labute approximate surface area is 234 Å². The van der Waals surface area contributed by atoms with Gasteiger partial charge >= 0.3 is 0 Å². The summed E-state index contributed by atoms with van der Waals surface area (Å²) in [6.07, 6.45) is 2.76. The molecule has 0 radical (unpaired) electrons. The standard InChI is InChI=1S/C31H34N4O3S/c1-38-26-14-12-25(13-15-26)34-20-18-33(19-21-34)17-7-16-32-30(36)23-35-27-10-5-6-11-28(27)39-29(31(35)37)22-24-8-3-2-4-9-24/h2-6,8-15,22H,7,16-21,23H2,1H3,(H,32,36)/b29-22-. The van der Waals surface area contributed by atoms with Crippen LogP contribution in [0, 0.1) is 0 Å². The van der Waals surface area contributed by atoms with Gasteiger partial charge in [-0.05, 0) is 61.0 Å². The van der Waals surface area contributed by atoms with Crippen LogP contribution in [0.5, 0.6) is 5.75 Å². The number of fused-ring (bicyclic) bond motifs is 1. The third kappa shape index (κ3) is 6.82. The number of carbonyl (C=O) groups excluding carboxylic acids is 2. The minimum absolute atomic E-state index is 0.00305. The van der Waals surface area contributed by atoms with Gasteiger partial charge in [-0.15, -0.1) is 0 Å². The lowest BCUT2D eigenvalue weighted by Crippen LogP contribution is -2.47. The number of hydrogen-bond donors (Lipinski definition) is 1. The molecule has 0 aromatic heterocycles. The normalized spacial score (nSPS) is 16.7. The SMILES string of the molecule is COc1ccc(N2CCN(CCCNC(=O)CN3C(=O)/C(=C/c4ccccc4)Sc4ccccc43)CC2)cc1. The van der Waals surface area contributed by atoms with E-state index in [1.165, 1.54) is 17.4 Å². The Morgan fingerprint density at radius 1 is 0.949 bits per heavy atom. The Hall–Kier alpha value is -3.75. The van der Waals surface area contributed by atoms with Crippen molar-refractivity contribution in [2.75, 3.05) is 62.7 Å². The van der Waals surface area contributed by atoms with Crippen molar-refractivity contribution in [3.8, 4) is 5.75 Å². The number of nitrogens with zero attached hydrogens (tertiary/aromatic N) is 3. The van der Waals surface area contributed by atoms with Crippen molar-refractivity contribution in [3.63, 3.8) is 0 Å². The summed E-state index contributed by atoms with van der Waals surface area (Å²) in [5, 5.41) is 3.02. The van der Waals surface area contributed by atoms with E-state index in [0.29, 0.717) is 11.4 Å². The average Bonchev–Trinajstić information content (AvgIpc) is 2.98. The molecule has 7 nitrogen and oxygen atoms in total. The van der Waals surface area contributed by atoms with E-state index in [4.69, 9.17) is 4.74 Å². The highest BCUT2D eigenvalue weighted by Gasteiger charge is 2.30. The molecule has 3 aromatic carbocycles. The molecule has 3 aromatic rings. The van der Waals surface area contributed by atoms with Crippen LogP contribution < -0.4 is 19.9 Å². The minimum atomic E-state index is -0.146. The van der Waals surface area contributed by atoms with Crippen molar-refractivity contribution >= 4 is 41.0 Å². The van der Waals surface area contributed by atoms with Crippen LogP contribution in [0.2, 0.25) is 0 Å². The number of anilines is 2. The average molecular weight is 543 g/mol. The Balaban J connectivity index is 1.09. The number of hydrogen-bond acceptors (Lipinski definition) is 6. The van der Waals surface area contributed by atoms with Gasteiger partial charge in [-0.3, -0.25) is 19.4 Å². The predicted molar refractivity (Wildman–Crippen MR) is 158 cm³/mol. The third-order valence-electron chi connectivity index (χ3n) is 7.01. The van der Waals surface area contributed by atoms with Crippen molar-refractivity contribution in [1.82, 2.24) is 10.2 Å². The lowest BCUT2D eigenvalue weighted by molar-refractivity contribution is -0.122. The third-order valence-corrected chi connectivity index (χ3v) is 8.09. The van der Waals surface area contributed by atoms with E-state index >= 15 is 0 Å². The lowest BCUT2D eigenvalue weighted by Gasteiger charge is -2.36. The maximum atomic E-state index is 13.4. The molecule has 2 aliphatic heterocycles. The molecular weight excluding hydrogens is 508 g/mol. The summed E-state index contributed by atoms with van der Waals surface area (Å²) in [7, 11) is 1.68. The quantitative estimate of drug-likeness (QED) is 0.317. The number of nitrogens with one attached hydrogen (secondary N) is 1. The zero-order valence-corrected chi connectivity index (χ0v) is 23.0. The van der Waals surface area contributed by atoms with Gasteiger partial charge in [0.2, 0.25) is 5.91 Å². The summed E-state index contributed by atoms with van der Waals surface area (Å²) >= 11 is 1.45. The number of methoxy groups -OCH3 is 1. The van der Waals surface area contributed by atoms with Crippen LogP contribution in [0.1, 0.15) is 12.0 Å². The fraction of sp³-hybridized carbons (Fsp3) is 0.290. The molecule has 2 aliphatic rings. The maximum Gasteiger partial charge on any atom is 0.265 e. The van der Waals surface area contributed by atoms with E-state index in [1.54, 1.807) is 12.0 Å². The van der Waals surface area contributed by atoms with Crippen molar-refractivity contribution in [1.29, 1.82) is 0 Å². The number of thioether (sulfide) groups is 1. The molecule has 2 heterocycles. The van der Waals surface area contributed by atoms with Gasteiger partial charge in [-0.2, -0.15) is 0 Å². The molecule has 5 rings (SSSR count). The van der Waals surface area contributed by atoms with Gasteiger partial charge in [0.25, 0.3) is 5.91 Å². The molecule has 0 spiro atoms. The number of piperazine rings is 1. The molecule has 0 saturated carbocycles. The minimum Gasteiger partial charge on any atom is -0.497 e. The molecule has 0 atom stereocenters. The van der Waals surface area contributed by atoms with Crippen LogP contribution in [0.15, 0.2) is 88.7 Å². The molecular formula is C31H34N4O3S. The molecule has 1 N–H and O–H groups in total. The second-order valence-corrected chi connectivity index (χ2v) is 10.7. The van der Waals surface area contributed by atoms with Gasteiger partial charge in [0.05, 0.1) is 17.7 Å². The molecule has 2 amide bonds. The van der Waals surface area contributed by atoms with Crippen molar-refractivity contribution < 1.29 is 14.3 Å². The fourth-order valence-corrected chi connectivity index (χ4v) is 5.93. The Bertz CT molecular complexity index is 1300. The van der Waals surface area contributed by atoms with E-state index in [2.05, 4.69) is 27.2 Å². The molecule has 39 heavy (non-hydrogen) atoms. The van der Waals surface area contributed by atoms with Crippen LogP contribution in [0.3, 0.4) is 0 Å². The maximum absolute atomic E-state index is 13.4. The van der Waals surface area contributed by atoms with Gasteiger partial charge in [-0.25, -0.2) is 0 Å². The van der Waals surface area contributed by atoms with Gasteiger partial charge in [0, 0.05) is 43.3 Å². The summed E-state index contributed by atoms with van der Waals surface area (Å²) in [5.74, 6) is 0.581. The molecule has 1 saturated heterocycles. The summed E-state index contributed by atoms with van der Waals surface area (Å²) in [5.41, 5.74) is 2.96. The first-order valence-corrected chi connectivity index (χ1v) is 14.2. The first kappa shape index (κ1) is 26.8. The van der Waals surface area contributed by atoms with E-state index in [0.717, 1.165) is 61.0 Å². The topological polar surface area (TPSA) is 65.1 Å². The number of carbonyl (C=O) groups is 2. The fourth-order valence-electron chi connectivity index (χ4n) is 4.87. The lowest BCUT2D eigenvalue weighted by atomic mass is 10.2. The van der Waals surface area contributed by atoms with Crippen LogP contribution in [0.4, 0.5) is 11.4 Å². The molecule has 0 unspecified atom stereocenters. The van der Waals surface area contributed by atoms with Gasteiger partial charge in [-0.1, -0.05) is 54.2 Å². The van der Waals surface area contributed by atoms with E-state index < -0.39 is 0 Å². The van der Waals surface area contributed by atoms with Crippen LogP contribution >= 0.6 is 11.8 Å². The van der Waals surface area contributed by atoms with Gasteiger partial charge in [0.1, 0.15) is 12.3 Å². The Morgan fingerprint density at radius 3 is 2.41 bits per heavy atom. The summed E-state index contributed by atoms with van der Waals surface area (Å²) in [6.45, 7) is 5.47. The molecule has 8 heteroatoms. The number of para-hydroxylation sites is 1. The highest BCUT2D eigenvalue weighted by Crippen LogP contribution is 2.41. The molecule has 202 valence electrons. The second kappa shape index (κ2) is 12.9. The van der Waals surface area contributed by atoms with E-state index in [-0.39, 0.29) is 18.4 Å². The number of rotatable bonds is 9. The number of ether oxygens (including phenoxy) is 1. The first-order valence-electron chi connectivity index (χ1n) is 13.3. The zero-order valence-electron chi connectivity index (χ0n) is 22.2. The van der Waals surface area contributed by atoms with Crippen molar-refractivity contribution in [2.45, 2.75) is 11.3 Å². The van der Waals surface area contributed by atoms with Crippen LogP contribution in [-0.2, 0) is 9.59 Å². The van der Waals surface area contributed by atoms with Crippen molar-refractivity contribution in [3.05, 3.63) is 89.3 Å². The molecule has 1 fully saturated rings. The van der Waals surface area contributed by atoms with Crippen molar-refractivity contribution in [2.24, 2.45) is 0 Å². The second-order valence-electron chi connectivity index (χ2n) is 9.61. The van der Waals surface area contributed by atoms with Crippen LogP contribution in [-0.4, -0.2) is 69.6 Å². The molecule has 0 aliphatic carbocycles. The smallest absolute Gasteiger partial charge is 0.265 e. The van der Waals surface area contributed by atoms with E-state index in [1.807, 2.05) is 72.8 Å². The Morgan fingerprint density at radius 2 is 1.67 bits per heavy atom. The predicted octanol–water partition coefficient (Wildman–Crippen LogP) is 4.50. The van der Waals surface area contributed by atoms with Crippen LogP contribution in [0.25, 0.3) is 6.08 Å². The summed E-state index contributed by atoms with van der Waals surface area (Å²) in [4.78, 5) is 34.2. The zero-order chi connectivity index (χ0) is 27.0. The highest BCUT2D eigenvalue weighted by molar-refractivity contribution is 8.04. The van der Waals surface area contributed by atoms with Gasteiger partial charge in [0.15, 0.2) is 0 Å². The number of amides is 2. The Kier molecular flexibility index (Phi) is 8.85. The summed E-state index contributed by atoms with van der Waals surface area (Å²) < 4.78 is 5.26. The monoisotopic (exact) mass is 542 g/mol. The van der Waals surface area contributed by atoms with E-state index in [9.17, 15) is 9.59 Å². The van der Waals surface area contributed by atoms with Gasteiger partial charge < -0.3 is 15.0 Å². The largest absolute Gasteiger partial charge is 0.497 e. The first-order chi connectivity index (χ1) is 19.1.